The number of alkyl carbamates (subject to hydrolysis) is 2. The standard InChI is InChI=1S/C40H49N5O6/c1-27(2)34-19-11-18-32(42-34)26-51-40(49)45-37(28(3)4)38(47)43-33(21-29-13-7-5-8-14-29)23-36(46)35(22-30-15-9-6-10-16-30)44-39(48)50-25-31-17-12-20-41-24-31/h5-20,24,27-28,33,35-37,46H,21-23,25-26H2,1-4H3,(H,43,47)(H,44,48)(H,45,49)/t33-,35-,36-,37-/m0/s1. The molecule has 3 amide bonds. The van der Waals surface area contributed by atoms with E-state index in [9.17, 15) is 19.5 Å². The molecule has 0 unspecified atom stereocenters. The predicted molar refractivity (Wildman–Crippen MR) is 194 cm³/mol. The summed E-state index contributed by atoms with van der Waals surface area (Å²) in [6, 6.07) is 26.0. The van der Waals surface area contributed by atoms with Gasteiger partial charge in [0.1, 0.15) is 19.3 Å². The smallest absolute Gasteiger partial charge is 0.408 e. The van der Waals surface area contributed by atoms with Gasteiger partial charge in [-0.1, -0.05) is 100 Å². The Morgan fingerprint density at radius 1 is 0.706 bits per heavy atom. The number of hydrogen-bond donors (Lipinski definition) is 4. The number of rotatable bonds is 17. The number of pyridine rings is 2. The third kappa shape index (κ3) is 13.2. The molecule has 0 saturated carbocycles. The van der Waals surface area contributed by atoms with Gasteiger partial charge in [0.2, 0.25) is 5.91 Å². The van der Waals surface area contributed by atoms with Crippen LogP contribution in [0.2, 0.25) is 0 Å². The molecule has 2 aromatic heterocycles. The summed E-state index contributed by atoms with van der Waals surface area (Å²) >= 11 is 0. The molecule has 270 valence electrons. The number of aliphatic hydroxyl groups excluding tert-OH is 1. The van der Waals surface area contributed by atoms with Gasteiger partial charge in [-0.15, -0.1) is 0 Å². The van der Waals surface area contributed by atoms with Crippen molar-refractivity contribution >= 4 is 18.1 Å². The maximum atomic E-state index is 13.8. The van der Waals surface area contributed by atoms with Crippen molar-refractivity contribution in [2.45, 2.75) is 90.3 Å². The monoisotopic (exact) mass is 695 g/mol. The molecule has 0 saturated heterocycles. The molecule has 11 nitrogen and oxygen atoms in total. The minimum atomic E-state index is -1.07. The Hall–Kier alpha value is -5.29. The van der Waals surface area contributed by atoms with Crippen LogP contribution < -0.4 is 16.0 Å². The van der Waals surface area contributed by atoms with Crippen molar-refractivity contribution in [3.05, 3.63) is 131 Å². The van der Waals surface area contributed by atoms with Crippen LogP contribution in [0.5, 0.6) is 0 Å². The van der Waals surface area contributed by atoms with E-state index in [1.165, 1.54) is 0 Å². The molecule has 0 aliphatic rings. The molecule has 0 fully saturated rings. The SMILES string of the molecule is CC(C)c1cccc(COC(=O)N[C@H](C(=O)N[C@@H](Cc2ccccc2)C[C@H](O)[C@H](Cc2ccccc2)NC(=O)OCc2cccnc2)C(C)C)n1. The first-order valence-corrected chi connectivity index (χ1v) is 17.3. The molecule has 4 aromatic rings. The van der Waals surface area contributed by atoms with E-state index in [0.29, 0.717) is 18.5 Å². The lowest BCUT2D eigenvalue weighted by atomic mass is 9.93. The van der Waals surface area contributed by atoms with Crippen molar-refractivity contribution in [1.82, 2.24) is 25.9 Å². The first kappa shape index (κ1) is 38.5. The lowest BCUT2D eigenvalue weighted by Crippen LogP contribution is -2.54. The normalized spacial score (nSPS) is 13.5. The largest absolute Gasteiger partial charge is 0.445 e. The van der Waals surface area contributed by atoms with E-state index in [1.807, 2.05) is 100 Å². The van der Waals surface area contributed by atoms with Gasteiger partial charge in [-0.2, -0.15) is 0 Å². The van der Waals surface area contributed by atoms with E-state index in [-0.39, 0.29) is 31.5 Å². The van der Waals surface area contributed by atoms with E-state index in [2.05, 4.69) is 25.9 Å². The number of aromatic nitrogens is 2. The summed E-state index contributed by atoms with van der Waals surface area (Å²) < 4.78 is 10.9. The Kier molecular flexibility index (Phi) is 14.9. The van der Waals surface area contributed by atoms with Crippen molar-refractivity contribution in [3.63, 3.8) is 0 Å². The fourth-order valence-electron chi connectivity index (χ4n) is 5.56. The van der Waals surface area contributed by atoms with E-state index in [1.54, 1.807) is 30.6 Å². The molecule has 2 heterocycles. The van der Waals surface area contributed by atoms with E-state index in [0.717, 1.165) is 22.4 Å². The van der Waals surface area contributed by atoms with E-state index < -0.39 is 42.3 Å². The molecule has 4 atom stereocenters. The molecule has 4 N–H and O–H groups in total. The van der Waals surface area contributed by atoms with Crippen molar-refractivity contribution in [1.29, 1.82) is 0 Å². The average Bonchev–Trinajstić information content (AvgIpc) is 3.13. The summed E-state index contributed by atoms with van der Waals surface area (Å²) in [5.41, 5.74) is 4.09. The molecule has 0 aliphatic carbocycles. The van der Waals surface area contributed by atoms with E-state index in [4.69, 9.17) is 9.47 Å². The fraction of sp³-hybridized carbons (Fsp3) is 0.375. The molecule has 51 heavy (non-hydrogen) atoms. The fourth-order valence-corrected chi connectivity index (χ4v) is 5.56. The second-order valence-electron chi connectivity index (χ2n) is 13.2. The van der Waals surface area contributed by atoms with Gasteiger partial charge in [0.15, 0.2) is 0 Å². The minimum Gasteiger partial charge on any atom is -0.445 e. The second-order valence-corrected chi connectivity index (χ2v) is 13.2. The summed E-state index contributed by atoms with van der Waals surface area (Å²) in [4.78, 5) is 48.2. The number of nitrogens with zero attached hydrogens (tertiary/aromatic N) is 2. The van der Waals surface area contributed by atoms with Crippen LogP contribution in [-0.2, 0) is 40.3 Å². The lowest BCUT2D eigenvalue weighted by molar-refractivity contribution is -0.125. The van der Waals surface area contributed by atoms with Gasteiger partial charge in [0, 0.05) is 29.7 Å². The number of hydrogen-bond acceptors (Lipinski definition) is 8. The molecule has 2 aromatic carbocycles. The molecule has 0 aliphatic heterocycles. The highest BCUT2D eigenvalue weighted by molar-refractivity contribution is 5.86. The predicted octanol–water partition coefficient (Wildman–Crippen LogP) is 5.87. The quantitative estimate of drug-likeness (QED) is 0.107. The van der Waals surface area contributed by atoms with Crippen molar-refractivity contribution in [3.8, 4) is 0 Å². The van der Waals surface area contributed by atoms with Crippen molar-refractivity contribution in [2.24, 2.45) is 5.92 Å². The summed E-state index contributed by atoms with van der Waals surface area (Å²) in [6.07, 6.45) is 1.59. The summed E-state index contributed by atoms with van der Waals surface area (Å²) in [7, 11) is 0. The van der Waals surface area contributed by atoms with Gasteiger partial charge >= 0.3 is 12.2 Å². The van der Waals surface area contributed by atoms with Gasteiger partial charge < -0.3 is 30.5 Å². The van der Waals surface area contributed by atoms with Gasteiger partial charge in [-0.05, 0) is 60.4 Å². The zero-order valence-corrected chi connectivity index (χ0v) is 29.7. The number of amides is 3. The Morgan fingerprint density at radius 3 is 1.96 bits per heavy atom. The van der Waals surface area contributed by atoms with Crippen molar-refractivity contribution in [2.75, 3.05) is 0 Å². The molecule has 0 bridgehead atoms. The van der Waals surface area contributed by atoms with Gasteiger partial charge in [0.05, 0.1) is 17.8 Å². The third-order valence-corrected chi connectivity index (χ3v) is 8.35. The summed E-state index contributed by atoms with van der Waals surface area (Å²) in [6.45, 7) is 7.71. The first-order chi connectivity index (χ1) is 24.6. The second kappa shape index (κ2) is 19.8. The van der Waals surface area contributed by atoms with Gasteiger partial charge in [0.25, 0.3) is 0 Å². The zero-order valence-electron chi connectivity index (χ0n) is 29.7. The van der Waals surface area contributed by atoms with Crippen LogP contribution in [0, 0.1) is 5.92 Å². The number of nitrogens with one attached hydrogen (secondary N) is 3. The molecule has 0 radical (unpaired) electrons. The molecule has 11 heteroatoms. The number of benzene rings is 2. The Bertz CT molecular complexity index is 1660. The average molecular weight is 696 g/mol. The number of aliphatic hydroxyl groups is 1. The Labute approximate surface area is 300 Å². The molecule has 0 spiro atoms. The number of carbonyl (C=O) groups excluding carboxylic acids is 3. The van der Waals surface area contributed by atoms with Gasteiger partial charge in [-0.25, -0.2) is 9.59 Å². The van der Waals surface area contributed by atoms with Crippen molar-refractivity contribution < 1.29 is 29.0 Å². The van der Waals surface area contributed by atoms with Crippen LogP contribution in [-0.4, -0.2) is 57.4 Å². The van der Waals surface area contributed by atoms with Crippen LogP contribution in [0.25, 0.3) is 0 Å². The highest BCUT2D eigenvalue weighted by Crippen LogP contribution is 2.16. The third-order valence-electron chi connectivity index (χ3n) is 8.35. The Balaban J connectivity index is 1.45. The van der Waals surface area contributed by atoms with Crippen LogP contribution in [0.15, 0.2) is 103 Å². The molecular formula is C40H49N5O6. The van der Waals surface area contributed by atoms with E-state index >= 15 is 0 Å². The van der Waals surface area contributed by atoms with Crippen LogP contribution >= 0.6 is 0 Å². The lowest BCUT2D eigenvalue weighted by Gasteiger charge is -2.30. The summed E-state index contributed by atoms with van der Waals surface area (Å²) in [5, 5.41) is 20.3. The zero-order chi connectivity index (χ0) is 36.6. The first-order valence-electron chi connectivity index (χ1n) is 17.3. The summed E-state index contributed by atoms with van der Waals surface area (Å²) in [5.74, 6) is -0.464. The highest BCUT2D eigenvalue weighted by atomic mass is 16.6. The minimum absolute atomic E-state index is 0.0212. The van der Waals surface area contributed by atoms with Crippen LogP contribution in [0.1, 0.15) is 68.1 Å². The number of ether oxygens (including phenoxy) is 2. The van der Waals surface area contributed by atoms with Crippen LogP contribution in [0.3, 0.4) is 0 Å². The molecular weight excluding hydrogens is 646 g/mol. The highest BCUT2D eigenvalue weighted by Gasteiger charge is 2.30. The Morgan fingerprint density at radius 2 is 1.33 bits per heavy atom. The maximum Gasteiger partial charge on any atom is 0.408 e. The topological polar surface area (TPSA) is 152 Å². The number of carbonyl (C=O) groups is 3. The van der Waals surface area contributed by atoms with Crippen LogP contribution in [0.4, 0.5) is 9.59 Å². The van der Waals surface area contributed by atoms with Gasteiger partial charge in [-0.3, -0.25) is 14.8 Å². The molecule has 4 rings (SSSR count). The maximum absolute atomic E-state index is 13.8.